The van der Waals surface area contributed by atoms with E-state index in [4.69, 9.17) is 9.47 Å². The number of rotatable bonds is 9. The molecule has 1 atom stereocenters. The Hall–Kier alpha value is -1.74. The second kappa shape index (κ2) is 10.2. The molecule has 0 saturated carbocycles. The molecule has 1 aliphatic heterocycles. The zero-order chi connectivity index (χ0) is 17.2. The first-order valence-corrected chi connectivity index (χ1v) is 8.22. The van der Waals surface area contributed by atoms with Crippen molar-refractivity contribution in [2.24, 2.45) is 4.99 Å². The number of hydrogen-bond donors (Lipinski definition) is 2. The zero-order valence-corrected chi connectivity index (χ0v) is 13.9. The van der Waals surface area contributed by atoms with Gasteiger partial charge in [0.2, 0.25) is 0 Å². The maximum atomic E-state index is 12.8. The summed E-state index contributed by atoms with van der Waals surface area (Å²) in [5.74, 6) is 0.803. The van der Waals surface area contributed by atoms with Crippen LogP contribution in [-0.2, 0) is 16.0 Å². The topological polar surface area (TPSA) is 72.7 Å². The van der Waals surface area contributed by atoms with Gasteiger partial charge in [0, 0.05) is 38.7 Å². The van der Waals surface area contributed by atoms with Crippen LogP contribution in [0.4, 0.5) is 8.78 Å². The van der Waals surface area contributed by atoms with E-state index < -0.39 is 6.55 Å². The molecule has 1 saturated heterocycles. The predicted molar refractivity (Wildman–Crippen MR) is 86.1 cm³/mol. The predicted octanol–water partition coefficient (Wildman–Crippen LogP) is 1.53. The van der Waals surface area contributed by atoms with Crippen molar-refractivity contribution in [3.63, 3.8) is 0 Å². The highest BCUT2D eigenvalue weighted by Gasteiger charge is 2.15. The minimum absolute atomic E-state index is 0.0859. The van der Waals surface area contributed by atoms with Gasteiger partial charge in [-0.15, -0.1) is 0 Å². The summed E-state index contributed by atoms with van der Waals surface area (Å²) < 4.78 is 37.3. The van der Waals surface area contributed by atoms with E-state index in [1.165, 1.54) is 12.4 Å². The van der Waals surface area contributed by atoms with E-state index in [9.17, 15) is 8.78 Å². The summed E-state index contributed by atoms with van der Waals surface area (Å²) in [6.07, 6.45) is 4.59. The number of aromatic nitrogens is 2. The Bertz CT molecular complexity index is 504. The second-order valence-corrected chi connectivity index (χ2v) is 5.36. The van der Waals surface area contributed by atoms with E-state index in [1.807, 2.05) is 6.92 Å². The maximum Gasteiger partial charge on any atom is 0.319 e. The fourth-order valence-corrected chi connectivity index (χ4v) is 2.31. The molecule has 1 aromatic heterocycles. The molecule has 2 N–H and O–H groups in total. The summed E-state index contributed by atoms with van der Waals surface area (Å²) in [6.45, 7) is 2.89. The lowest BCUT2D eigenvalue weighted by molar-refractivity contribution is 0.0420. The van der Waals surface area contributed by atoms with Gasteiger partial charge < -0.3 is 20.1 Å². The van der Waals surface area contributed by atoms with Crippen LogP contribution in [0.1, 0.15) is 32.1 Å². The number of guanidine groups is 1. The number of nitrogens with one attached hydrogen (secondary N) is 2. The molecule has 136 valence electrons. The van der Waals surface area contributed by atoms with E-state index in [2.05, 4.69) is 20.6 Å². The number of alkyl halides is 2. The Morgan fingerprint density at radius 2 is 2.42 bits per heavy atom. The first-order chi connectivity index (χ1) is 11.7. The van der Waals surface area contributed by atoms with Crippen molar-refractivity contribution in [1.29, 1.82) is 0 Å². The van der Waals surface area contributed by atoms with Crippen molar-refractivity contribution in [1.82, 2.24) is 20.2 Å². The summed E-state index contributed by atoms with van der Waals surface area (Å²) in [6, 6.07) is 0. The Kier molecular flexibility index (Phi) is 7.90. The van der Waals surface area contributed by atoms with E-state index in [0.29, 0.717) is 32.3 Å². The number of hydrogen-bond acceptors (Lipinski definition) is 4. The summed E-state index contributed by atoms with van der Waals surface area (Å²) in [5.41, 5.74) is 0. The molecule has 2 rings (SSSR count). The van der Waals surface area contributed by atoms with Gasteiger partial charge >= 0.3 is 6.55 Å². The number of nitrogens with zero attached hydrogens (tertiary/aromatic N) is 3. The standard InChI is InChI=1S/C15H25F2N5O2/c1-2-18-15(20-5-3-8-24-12-4-9-23-11-12)21-10-13-19-6-7-22(13)14(16)17/h6-7,12,14H,2-5,8-11H2,1H3,(H2,18,20,21). The fourth-order valence-electron chi connectivity index (χ4n) is 2.31. The van der Waals surface area contributed by atoms with Gasteiger partial charge in [-0.1, -0.05) is 0 Å². The fraction of sp³-hybridized carbons (Fsp3) is 0.733. The molecule has 1 aliphatic rings. The summed E-state index contributed by atoms with van der Waals surface area (Å²) in [4.78, 5) is 8.20. The van der Waals surface area contributed by atoms with Crippen molar-refractivity contribution in [2.45, 2.75) is 39.0 Å². The van der Waals surface area contributed by atoms with Crippen LogP contribution >= 0.6 is 0 Å². The highest BCUT2D eigenvalue weighted by Crippen LogP contribution is 2.12. The van der Waals surface area contributed by atoms with Crippen molar-refractivity contribution >= 4 is 5.96 Å². The maximum absolute atomic E-state index is 12.8. The molecule has 0 radical (unpaired) electrons. The van der Waals surface area contributed by atoms with Gasteiger partial charge in [0.25, 0.3) is 0 Å². The van der Waals surface area contributed by atoms with Crippen molar-refractivity contribution in [3.8, 4) is 0 Å². The van der Waals surface area contributed by atoms with E-state index in [-0.39, 0.29) is 18.5 Å². The van der Waals surface area contributed by atoms with E-state index in [0.717, 1.165) is 24.0 Å². The van der Waals surface area contributed by atoms with Crippen LogP contribution < -0.4 is 10.6 Å². The SMILES string of the molecule is CCNC(=NCc1nccn1C(F)F)NCCCOC1CCOC1. The van der Waals surface area contributed by atoms with Crippen LogP contribution in [0, 0.1) is 0 Å². The van der Waals surface area contributed by atoms with Gasteiger partial charge in [0.05, 0.1) is 12.7 Å². The molecule has 2 heterocycles. The molecule has 0 aliphatic carbocycles. The molecule has 7 nitrogen and oxygen atoms in total. The highest BCUT2D eigenvalue weighted by molar-refractivity contribution is 5.79. The highest BCUT2D eigenvalue weighted by atomic mass is 19.3. The van der Waals surface area contributed by atoms with Crippen molar-refractivity contribution in [2.75, 3.05) is 32.9 Å². The van der Waals surface area contributed by atoms with Gasteiger partial charge in [-0.25, -0.2) is 9.98 Å². The van der Waals surface area contributed by atoms with Crippen LogP contribution in [0.2, 0.25) is 0 Å². The Labute approximate surface area is 140 Å². The third kappa shape index (κ3) is 6.04. The van der Waals surface area contributed by atoms with Crippen molar-refractivity contribution < 1.29 is 18.3 Å². The summed E-state index contributed by atoms with van der Waals surface area (Å²) in [7, 11) is 0. The number of halogens is 2. The Morgan fingerprint density at radius 3 is 3.12 bits per heavy atom. The molecule has 1 aromatic rings. The lowest BCUT2D eigenvalue weighted by atomic mass is 10.3. The minimum atomic E-state index is -2.61. The molecule has 0 amide bonds. The second-order valence-electron chi connectivity index (χ2n) is 5.36. The van der Waals surface area contributed by atoms with Crippen LogP contribution in [-0.4, -0.2) is 54.5 Å². The van der Waals surface area contributed by atoms with Crippen molar-refractivity contribution in [3.05, 3.63) is 18.2 Å². The normalized spacial score (nSPS) is 18.3. The number of ether oxygens (including phenoxy) is 2. The minimum Gasteiger partial charge on any atom is -0.379 e. The number of imidazole rings is 1. The smallest absolute Gasteiger partial charge is 0.319 e. The quantitative estimate of drug-likeness (QED) is 0.403. The van der Waals surface area contributed by atoms with Crippen LogP contribution in [0.5, 0.6) is 0 Å². The first-order valence-electron chi connectivity index (χ1n) is 8.22. The molecule has 1 unspecified atom stereocenters. The lowest BCUT2D eigenvalue weighted by Gasteiger charge is -2.13. The average molecular weight is 345 g/mol. The summed E-state index contributed by atoms with van der Waals surface area (Å²) >= 11 is 0. The third-order valence-corrected chi connectivity index (χ3v) is 3.54. The molecule has 0 spiro atoms. The lowest BCUT2D eigenvalue weighted by Crippen LogP contribution is -2.38. The van der Waals surface area contributed by atoms with E-state index >= 15 is 0 Å². The van der Waals surface area contributed by atoms with Gasteiger partial charge in [0.15, 0.2) is 5.96 Å². The first kappa shape index (κ1) is 18.6. The molecular weight excluding hydrogens is 320 g/mol. The Balaban J connectivity index is 1.72. The zero-order valence-electron chi connectivity index (χ0n) is 13.9. The van der Waals surface area contributed by atoms with Gasteiger partial charge in [-0.3, -0.25) is 4.57 Å². The third-order valence-electron chi connectivity index (χ3n) is 3.54. The molecule has 0 bridgehead atoms. The molecule has 0 aromatic carbocycles. The number of aliphatic imine (C=N–C) groups is 1. The van der Waals surface area contributed by atoms with Crippen LogP contribution in [0.25, 0.3) is 0 Å². The van der Waals surface area contributed by atoms with Gasteiger partial charge in [0.1, 0.15) is 12.4 Å². The molecule has 24 heavy (non-hydrogen) atoms. The summed E-state index contributed by atoms with van der Waals surface area (Å²) in [5, 5.41) is 6.24. The van der Waals surface area contributed by atoms with Crippen LogP contribution in [0.15, 0.2) is 17.4 Å². The van der Waals surface area contributed by atoms with Gasteiger partial charge in [-0.05, 0) is 19.8 Å². The largest absolute Gasteiger partial charge is 0.379 e. The monoisotopic (exact) mass is 345 g/mol. The average Bonchev–Trinajstić information content (AvgIpc) is 3.23. The molecule has 1 fully saturated rings. The van der Waals surface area contributed by atoms with Gasteiger partial charge in [-0.2, -0.15) is 8.78 Å². The van der Waals surface area contributed by atoms with E-state index in [1.54, 1.807) is 0 Å². The molecule has 9 heteroatoms. The Morgan fingerprint density at radius 1 is 1.54 bits per heavy atom. The van der Waals surface area contributed by atoms with Crippen LogP contribution in [0.3, 0.4) is 0 Å². The molecular formula is C15H25F2N5O2.